The van der Waals surface area contributed by atoms with Crippen molar-refractivity contribution in [1.82, 2.24) is 0 Å². The Morgan fingerprint density at radius 1 is 1.44 bits per heavy atom. The van der Waals surface area contributed by atoms with E-state index in [-0.39, 0.29) is 30.3 Å². The molecule has 0 saturated carbocycles. The first-order chi connectivity index (χ1) is 8.29. The Morgan fingerprint density at radius 3 is 2.67 bits per heavy atom. The number of phenols is 1. The molecule has 6 nitrogen and oxygen atoms in total. The summed E-state index contributed by atoms with van der Waals surface area (Å²) in [6, 6.07) is 4.60. The van der Waals surface area contributed by atoms with Gasteiger partial charge in [0, 0.05) is 17.4 Å². The van der Waals surface area contributed by atoms with Gasteiger partial charge >= 0.3 is 0 Å². The molecule has 8 heteroatoms. The number of rotatable bonds is 2. The van der Waals surface area contributed by atoms with Crippen molar-refractivity contribution in [3.8, 4) is 5.75 Å². The summed E-state index contributed by atoms with van der Waals surface area (Å²) < 4.78 is 23.2. The lowest BCUT2D eigenvalue weighted by molar-refractivity contribution is -0.117. The lowest BCUT2D eigenvalue weighted by Gasteiger charge is -2.17. The summed E-state index contributed by atoms with van der Waals surface area (Å²) in [6.45, 7) is -0.0400. The van der Waals surface area contributed by atoms with Crippen molar-refractivity contribution < 1.29 is 18.3 Å². The fraction of sp³-hybridized carbons (Fsp3) is 0.300. The molecule has 1 amide bonds. The second-order valence-electron chi connectivity index (χ2n) is 4.05. The maximum Gasteiger partial charge on any atom is 0.228 e. The van der Waals surface area contributed by atoms with Gasteiger partial charge in [-0.15, -0.1) is 0 Å². The number of carbonyl (C=O) groups excluding carboxylic acids is 1. The highest BCUT2D eigenvalue weighted by Gasteiger charge is 2.38. The number of phenolic OH excluding ortho intramolecular Hbond substituents is 1. The second kappa shape index (κ2) is 4.52. The normalized spacial score (nSPS) is 20.4. The molecule has 0 spiro atoms. The van der Waals surface area contributed by atoms with Crippen LogP contribution in [-0.2, 0) is 14.8 Å². The van der Waals surface area contributed by atoms with Crippen LogP contribution in [0.4, 0.5) is 5.69 Å². The van der Waals surface area contributed by atoms with Gasteiger partial charge in [-0.1, -0.05) is 15.9 Å². The maximum absolute atomic E-state index is 11.8. The summed E-state index contributed by atoms with van der Waals surface area (Å²) in [7, 11) is -3.76. The van der Waals surface area contributed by atoms with Gasteiger partial charge < -0.3 is 10.0 Å². The number of carbonyl (C=O) groups is 1. The molecule has 1 aromatic rings. The number of hydrogen-bond acceptors (Lipinski definition) is 4. The molecule has 0 bridgehead atoms. The summed E-state index contributed by atoms with van der Waals surface area (Å²) in [5.41, 5.74) is 0.278. The molecular formula is C10H11BrN2O4S. The molecule has 1 aliphatic heterocycles. The van der Waals surface area contributed by atoms with E-state index >= 15 is 0 Å². The van der Waals surface area contributed by atoms with Gasteiger partial charge in [0.15, 0.2) is 0 Å². The number of sulfonamides is 1. The molecule has 2 rings (SSSR count). The molecule has 1 saturated heterocycles. The number of nitrogens with two attached hydrogens (primary N) is 1. The van der Waals surface area contributed by atoms with E-state index < -0.39 is 15.3 Å². The number of aromatic hydroxyl groups is 1. The van der Waals surface area contributed by atoms with Crippen LogP contribution in [0, 0.1) is 0 Å². The first-order valence-corrected chi connectivity index (χ1v) is 7.50. The maximum atomic E-state index is 11.8. The number of benzene rings is 1. The van der Waals surface area contributed by atoms with Crippen LogP contribution < -0.4 is 10.0 Å². The molecule has 1 atom stereocenters. The highest BCUT2D eigenvalue weighted by molar-refractivity contribution is 9.10. The van der Waals surface area contributed by atoms with Gasteiger partial charge in [0.2, 0.25) is 15.9 Å². The zero-order valence-corrected chi connectivity index (χ0v) is 11.6. The number of amides is 1. The topological polar surface area (TPSA) is 101 Å². The number of anilines is 1. The van der Waals surface area contributed by atoms with E-state index in [0.29, 0.717) is 4.47 Å². The molecule has 18 heavy (non-hydrogen) atoms. The zero-order chi connectivity index (χ0) is 13.5. The van der Waals surface area contributed by atoms with E-state index in [1.165, 1.54) is 11.0 Å². The lowest BCUT2D eigenvalue weighted by atomic mass is 10.2. The van der Waals surface area contributed by atoms with E-state index in [9.17, 15) is 18.3 Å². The average Bonchev–Trinajstić information content (AvgIpc) is 2.64. The van der Waals surface area contributed by atoms with Gasteiger partial charge in [0.1, 0.15) is 11.0 Å². The summed E-state index contributed by atoms with van der Waals surface area (Å²) in [6.07, 6.45) is -0.162. The number of hydrogen-bond donors (Lipinski definition) is 2. The van der Waals surface area contributed by atoms with Crippen LogP contribution >= 0.6 is 15.9 Å². The predicted molar refractivity (Wildman–Crippen MR) is 69.7 cm³/mol. The quantitative estimate of drug-likeness (QED) is 0.824. The van der Waals surface area contributed by atoms with Gasteiger partial charge in [-0.05, 0) is 18.2 Å². The van der Waals surface area contributed by atoms with Crippen molar-refractivity contribution in [2.75, 3.05) is 11.4 Å². The highest BCUT2D eigenvalue weighted by atomic mass is 79.9. The van der Waals surface area contributed by atoms with Crippen molar-refractivity contribution >= 4 is 37.5 Å². The SMILES string of the molecule is NS(=O)(=O)C1CC(=O)N(c2cc(Br)ccc2O)C1. The Balaban J connectivity index is 2.35. The van der Waals surface area contributed by atoms with Crippen molar-refractivity contribution in [3.63, 3.8) is 0 Å². The van der Waals surface area contributed by atoms with Crippen LogP contribution in [0.15, 0.2) is 22.7 Å². The van der Waals surface area contributed by atoms with Crippen LogP contribution in [0.3, 0.4) is 0 Å². The Hall–Kier alpha value is -1.12. The summed E-state index contributed by atoms with van der Waals surface area (Å²) in [5.74, 6) is -0.455. The van der Waals surface area contributed by atoms with Crippen LogP contribution in [-0.4, -0.2) is 31.2 Å². The summed E-state index contributed by atoms with van der Waals surface area (Å²) in [5, 5.41) is 13.8. The van der Waals surface area contributed by atoms with Crippen molar-refractivity contribution in [2.24, 2.45) is 5.14 Å². The molecule has 1 heterocycles. The Kier molecular flexibility index (Phi) is 3.35. The summed E-state index contributed by atoms with van der Waals surface area (Å²) in [4.78, 5) is 13.0. The summed E-state index contributed by atoms with van der Waals surface area (Å²) >= 11 is 3.23. The third kappa shape index (κ3) is 2.50. The first-order valence-electron chi connectivity index (χ1n) is 5.09. The molecule has 1 unspecified atom stereocenters. The van der Waals surface area contributed by atoms with Gasteiger partial charge in [-0.25, -0.2) is 13.6 Å². The lowest BCUT2D eigenvalue weighted by Crippen LogP contribution is -2.32. The fourth-order valence-corrected chi connectivity index (χ4v) is 2.92. The van der Waals surface area contributed by atoms with Crippen LogP contribution in [0.5, 0.6) is 5.75 Å². The molecular weight excluding hydrogens is 324 g/mol. The Labute approximate surface area is 113 Å². The fourth-order valence-electron chi connectivity index (χ4n) is 1.84. The largest absolute Gasteiger partial charge is 0.506 e. The average molecular weight is 335 g/mol. The third-order valence-electron chi connectivity index (χ3n) is 2.78. The minimum atomic E-state index is -3.76. The van der Waals surface area contributed by atoms with E-state index in [2.05, 4.69) is 15.9 Å². The van der Waals surface area contributed by atoms with Gasteiger partial charge in [-0.2, -0.15) is 0 Å². The predicted octanol–water partition coefficient (Wildman–Crippen LogP) is 0.549. The molecule has 0 radical (unpaired) electrons. The molecule has 0 aliphatic carbocycles. The zero-order valence-electron chi connectivity index (χ0n) is 9.21. The second-order valence-corrected chi connectivity index (χ2v) is 6.81. The van der Waals surface area contributed by atoms with Gasteiger partial charge in [0.05, 0.1) is 5.69 Å². The first kappa shape index (κ1) is 13.3. The minimum absolute atomic E-state index is 0.0400. The third-order valence-corrected chi connectivity index (χ3v) is 4.52. The Bertz CT molecular complexity index is 602. The van der Waals surface area contributed by atoms with Crippen LogP contribution in [0.1, 0.15) is 6.42 Å². The highest BCUT2D eigenvalue weighted by Crippen LogP contribution is 2.34. The molecule has 3 N–H and O–H groups in total. The van der Waals surface area contributed by atoms with E-state index in [1.54, 1.807) is 12.1 Å². The number of nitrogens with zero attached hydrogens (tertiary/aromatic N) is 1. The van der Waals surface area contributed by atoms with Crippen LogP contribution in [0.2, 0.25) is 0 Å². The molecule has 1 fully saturated rings. The van der Waals surface area contributed by atoms with Gasteiger partial charge in [0.25, 0.3) is 0 Å². The molecule has 1 aliphatic rings. The van der Waals surface area contributed by atoms with Crippen molar-refractivity contribution in [2.45, 2.75) is 11.7 Å². The molecule has 1 aromatic carbocycles. The molecule has 98 valence electrons. The van der Waals surface area contributed by atoms with Crippen LogP contribution in [0.25, 0.3) is 0 Å². The number of primary sulfonamides is 1. The minimum Gasteiger partial charge on any atom is -0.506 e. The van der Waals surface area contributed by atoms with Gasteiger partial charge in [-0.3, -0.25) is 4.79 Å². The number of halogens is 1. The standard InChI is InChI=1S/C10H11BrN2O4S/c11-6-1-2-9(14)8(3-6)13-5-7(4-10(13)15)18(12,16)17/h1-3,7,14H,4-5H2,(H2,12,16,17). The van der Waals surface area contributed by atoms with Crippen molar-refractivity contribution in [1.29, 1.82) is 0 Å². The van der Waals surface area contributed by atoms with E-state index in [0.717, 1.165) is 0 Å². The van der Waals surface area contributed by atoms with E-state index in [4.69, 9.17) is 5.14 Å². The van der Waals surface area contributed by atoms with Crippen molar-refractivity contribution in [3.05, 3.63) is 22.7 Å². The van der Waals surface area contributed by atoms with E-state index in [1.807, 2.05) is 0 Å². The smallest absolute Gasteiger partial charge is 0.228 e. The molecule has 0 aromatic heterocycles. The monoisotopic (exact) mass is 334 g/mol. The Morgan fingerprint density at radius 2 is 2.11 bits per heavy atom.